The highest BCUT2D eigenvalue weighted by Crippen LogP contribution is 2.31. The minimum absolute atomic E-state index is 0.122. The van der Waals surface area contributed by atoms with Gasteiger partial charge >= 0.3 is 5.97 Å². The number of benzene rings is 3. The molecule has 3 aromatic rings. The fraction of sp³-hybridized carbons (Fsp3) is 0.217. The summed E-state index contributed by atoms with van der Waals surface area (Å²) in [5.74, 6) is -0.592. The first kappa shape index (κ1) is 21.1. The number of ether oxygens (including phenoxy) is 1. The largest absolute Gasteiger partial charge is 0.469 e. The summed E-state index contributed by atoms with van der Waals surface area (Å²) in [5.41, 5.74) is 3.31. The maximum Gasteiger partial charge on any atom is 0.307 e. The first-order valence-electron chi connectivity index (χ1n) is 9.31. The first-order valence-corrected chi connectivity index (χ1v) is 10.4. The lowest BCUT2D eigenvalue weighted by Crippen LogP contribution is -2.34. The van der Waals surface area contributed by atoms with E-state index in [4.69, 9.17) is 0 Å². The minimum atomic E-state index is -0.356. The topological polar surface area (TPSA) is 67.4 Å². The van der Waals surface area contributed by atoms with E-state index in [1.54, 1.807) is 6.92 Å². The number of hydrogen-bond donors (Lipinski definition) is 2. The number of rotatable bonds is 6. The van der Waals surface area contributed by atoms with Crippen molar-refractivity contribution in [2.75, 3.05) is 12.4 Å². The molecule has 0 aliphatic rings. The minimum Gasteiger partial charge on any atom is -0.469 e. The summed E-state index contributed by atoms with van der Waals surface area (Å²) in [4.78, 5) is 24.4. The predicted molar refractivity (Wildman–Crippen MR) is 125 cm³/mol. The lowest BCUT2D eigenvalue weighted by Gasteiger charge is -2.18. The number of carbonyl (C=O) groups is 2. The number of amides is 1. The second kappa shape index (κ2) is 9.26. The van der Waals surface area contributed by atoms with Crippen LogP contribution < -0.4 is 10.6 Å². The Hall–Kier alpha value is -2.61. The number of hydrogen-bond acceptors (Lipinski definition) is 4. The van der Waals surface area contributed by atoms with E-state index >= 15 is 0 Å². The van der Waals surface area contributed by atoms with Crippen molar-refractivity contribution in [1.29, 1.82) is 0 Å². The van der Waals surface area contributed by atoms with Crippen LogP contribution in [0.2, 0.25) is 0 Å². The van der Waals surface area contributed by atoms with Crippen molar-refractivity contribution in [3.05, 3.63) is 69.3 Å². The maximum absolute atomic E-state index is 12.9. The van der Waals surface area contributed by atoms with Crippen LogP contribution in [0.3, 0.4) is 0 Å². The van der Waals surface area contributed by atoms with E-state index in [0.717, 1.165) is 25.6 Å². The molecule has 0 saturated carbocycles. The van der Waals surface area contributed by atoms with Gasteiger partial charge in [-0.3, -0.25) is 9.59 Å². The summed E-state index contributed by atoms with van der Waals surface area (Å²) in [7, 11) is 1.34. The second-order valence-electron chi connectivity index (χ2n) is 6.95. The summed E-state index contributed by atoms with van der Waals surface area (Å²) in [6, 6.07) is 17.7. The molecule has 0 bridgehead atoms. The normalized spacial score (nSPS) is 11.7. The van der Waals surface area contributed by atoms with Crippen LogP contribution in [-0.4, -0.2) is 25.0 Å². The number of carbonyl (C=O) groups excluding carboxylic acids is 2. The number of anilines is 2. The second-order valence-corrected chi connectivity index (χ2v) is 8.19. The van der Waals surface area contributed by atoms with Gasteiger partial charge in [-0.2, -0.15) is 0 Å². The van der Waals surface area contributed by atoms with Gasteiger partial charge in [-0.1, -0.05) is 36.4 Å². The number of methoxy groups -OCH3 is 1. The van der Waals surface area contributed by atoms with Crippen molar-refractivity contribution in [2.45, 2.75) is 26.3 Å². The summed E-state index contributed by atoms with van der Waals surface area (Å²) in [6.45, 7) is 3.82. The average Bonchev–Trinajstić information content (AvgIpc) is 2.70. The zero-order valence-electron chi connectivity index (χ0n) is 16.6. The summed E-state index contributed by atoms with van der Waals surface area (Å²) in [5, 5.41) is 8.57. The van der Waals surface area contributed by atoms with Gasteiger partial charge in [0.05, 0.1) is 24.8 Å². The molecule has 3 aromatic carbocycles. The van der Waals surface area contributed by atoms with Crippen molar-refractivity contribution in [3.63, 3.8) is 0 Å². The van der Waals surface area contributed by atoms with Crippen molar-refractivity contribution < 1.29 is 14.3 Å². The predicted octanol–water partition coefficient (Wildman–Crippen LogP) is 5.18. The van der Waals surface area contributed by atoms with Gasteiger partial charge in [-0.15, -0.1) is 0 Å². The van der Waals surface area contributed by atoms with Crippen LogP contribution >= 0.6 is 22.6 Å². The van der Waals surface area contributed by atoms with Crippen LogP contribution in [0.25, 0.3) is 10.8 Å². The number of aryl methyl sites for hydroxylation is 1. The van der Waals surface area contributed by atoms with Gasteiger partial charge in [0.1, 0.15) is 0 Å². The Bertz CT molecular complexity index is 1070. The summed E-state index contributed by atoms with van der Waals surface area (Å²) < 4.78 is 5.63. The van der Waals surface area contributed by atoms with Gasteiger partial charge in [-0.05, 0) is 65.6 Å². The highest BCUT2D eigenvalue weighted by Gasteiger charge is 2.18. The van der Waals surface area contributed by atoms with Crippen LogP contribution in [0.1, 0.15) is 29.3 Å². The molecular formula is C23H23IN2O3. The monoisotopic (exact) mass is 502 g/mol. The molecule has 0 saturated heterocycles. The average molecular weight is 502 g/mol. The van der Waals surface area contributed by atoms with E-state index < -0.39 is 0 Å². The van der Waals surface area contributed by atoms with E-state index in [9.17, 15) is 9.59 Å². The zero-order valence-corrected chi connectivity index (χ0v) is 18.7. The number of esters is 1. The molecule has 0 radical (unpaired) electrons. The maximum atomic E-state index is 12.9. The molecule has 29 heavy (non-hydrogen) atoms. The van der Waals surface area contributed by atoms with Crippen LogP contribution in [0.5, 0.6) is 0 Å². The molecule has 0 fully saturated rings. The number of nitrogens with one attached hydrogen (secondary N) is 2. The van der Waals surface area contributed by atoms with Gasteiger partial charge in [0.15, 0.2) is 0 Å². The van der Waals surface area contributed by atoms with E-state index in [2.05, 4.69) is 62.2 Å². The Morgan fingerprint density at radius 3 is 2.62 bits per heavy atom. The van der Waals surface area contributed by atoms with E-state index in [0.29, 0.717) is 11.3 Å². The summed E-state index contributed by atoms with van der Waals surface area (Å²) >= 11 is 2.19. The standard InChI is InChI=1S/C23H23IN2O3/c1-14-8-9-16-6-4-5-7-18(16)22(14)26-20-11-10-17(24)13-19(20)23(28)25-15(2)12-21(27)29-3/h4-11,13,15,26H,12H2,1-3H3,(H,25,28)/t15-/m0/s1. The third-order valence-corrected chi connectivity index (χ3v) is 5.37. The SMILES string of the molecule is COC(=O)C[C@H](C)NC(=O)c1cc(I)ccc1Nc1c(C)ccc2ccccc12. The van der Waals surface area contributed by atoms with Crippen molar-refractivity contribution >= 4 is 56.6 Å². The molecule has 5 nitrogen and oxygen atoms in total. The molecule has 0 aliphatic heterocycles. The van der Waals surface area contributed by atoms with Crippen molar-refractivity contribution in [1.82, 2.24) is 5.32 Å². The number of halogens is 1. The third-order valence-electron chi connectivity index (χ3n) is 4.70. The molecule has 6 heteroatoms. The van der Waals surface area contributed by atoms with Crippen LogP contribution in [-0.2, 0) is 9.53 Å². The molecular weight excluding hydrogens is 479 g/mol. The van der Waals surface area contributed by atoms with Gasteiger partial charge in [0, 0.05) is 20.7 Å². The number of fused-ring (bicyclic) bond motifs is 1. The molecule has 0 unspecified atom stereocenters. The fourth-order valence-electron chi connectivity index (χ4n) is 3.18. The van der Waals surface area contributed by atoms with E-state index in [-0.39, 0.29) is 24.3 Å². The Balaban J connectivity index is 1.93. The molecule has 0 spiro atoms. The molecule has 2 N–H and O–H groups in total. The smallest absolute Gasteiger partial charge is 0.307 e. The van der Waals surface area contributed by atoms with Gasteiger partial charge in [-0.25, -0.2) is 0 Å². The Morgan fingerprint density at radius 2 is 1.86 bits per heavy atom. The third kappa shape index (κ3) is 5.06. The van der Waals surface area contributed by atoms with Crippen LogP contribution in [0.15, 0.2) is 54.6 Å². The molecule has 0 aromatic heterocycles. The highest BCUT2D eigenvalue weighted by atomic mass is 127. The van der Waals surface area contributed by atoms with E-state index in [1.807, 2.05) is 37.3 Å². The lowest BCUT2D eigenvalue weighted by atomic mass is 10.0. The van der Waals surface area contributed by atoms with Crippen LogP contribution in [0.4, 0.5) is 11.4 Å². The molecule has 0 aliphatic carbocycles. The lowest BCUT2D eigenvalue weighted by molar-refractivity contribution is -0.141. The summed E-state index contributed by atoms with van der Waals surface area (Å²) in [6.07, 6.45) is 0.122. The first-order chi connectivity index (χ1) is 13.9. The Labute approximate surface area is 184 Å². The fourth-order valence-corrected chi connectivity index (χ4v) is 3.67. The van der Waals surface area contributed by atoms with E-state index in [1.165, 1.54) is 7.11 Å². The Morgan fingerprint density at radius 1 is 1.10 bits per heavy atom. The highest BCUT2D eigenvalue weighted by molar-refractivity contribution is 14.1. The quantitative estimate of drug-likeness (QED) is 0.360. The van der Waals surface area contributed by atoms with Gasteiger partial charge in [0.2, 0.25) is 0 Å². The zero-order chi connectivity index (χ0) is 21.0. The van der Waals surface area contributed by atoms with Crippen molar-refractivity contribution in [2.24, 2.45) is 0 Å². The van der Waals surface area contributed by atoms with Gasteiger partial charge in [0.25, 0.3) is 5.91 Å². The molecule has 150 valence electrons. The van der Waals surface area contributed by atoms with Gasteiger partial charge < -0.3 is 15.4 Å². The molecule has 0 heterocycles. The molecule has 3 rings (SSSR count). The molecule has 1 atom stereocenters. The van der Waals surface area contributed by atoms with Crippen molar-refractivity contribution in [3.8, 4) is 0 Å². The Kier molecular flexibility index (Phi) is 6.74. The van der Waals surface area contributed by atoms with Crippen LogP contribution in [0, 0.1) is 10.5 Å². The molecule has 1 amide bonds.